The monoisotopic (exact) mass is 998 g/mol. The van der Waals surface area contributed by atoms with E-state index in [4.69, 9.17) is 4.74 Å². The van der Waals surface area contributed by atoms with E-state index < -0.39 is 12.1 Å². The molecule has 0 saturated heterocycles. The molecule has 0 spiro atoms. The normalized spacial score (nSPS) is 12.8. The summed E-state index contributed by atoms with van der Waals surface area (Å²) in [5.74, 6) is -0.0946. The van der Waals surface area contributed by atoms with Gasteiger partial charge in [0.15, 0.2) is 0 Å². The molecule has 418 valence electrons. The molecule has 1 amide bonds. The summed E-state index contributed by atoms with van der Waals surface area (Å²) in [6, 6.07) is -0.642. The Balaban J connectivity index is 3.47. The van der Waals surface area contributed by atoms with Crippen molar-refractivity contribution in [3.8, 4) is 0 Å². The van der Waals surface area contributed by atoms with Gasteiger partial charge in [-0.3, -0.25) is 9.59 Å². The van der Waals surface area contributed by atoms with E-state index in [9.17, 15) is 19.8 Å². The van der Waals surface area contributed by atoms with Crippen molar-refractivity contribution in [2.45, 2.75) is 353 Å². The van der Waals surface area contributed by atoms with Crippen LogP contribution in [0, 0.1) is 0 Å². The molecule has 71 heavy (non-hydrogen) atoms. The SMILES string of the molecule is CCCCC/C=C\C/C=C\CCCCCCCCCCCC(=O)OCCCCCCCCCCCCCCC(=O)NC(CO)C(O)/C=C/CCCCCCCCCCCCCCCCCCCCCCC. The molecule has 2 unspecified atom stereocenters. The topological polar surface area (TPSA) is 95.9 Å². The van der Waals surface area contributed by atoms with Crippen LogP contribution < -0.4 is 5.32 Å². The zero-order valence-corrected chi connectivity index (χ0v) is 47.7. The number of carbonyl (C=O) groups is 2. The average molecular weight is 999 g/mol. The van der Waals surface area contributed by atoms with Crippen LogP contribution in [-0.4, -0.2) is 47.4 Å². The molecule has 0 rings (SSSR count). The largest absolute Gasteiger partial charge is 0.466 e. The Morgan fingerprint density at radius 1 is 0.394 bits per heavy atom. The van der Waals surface area contributed by atoms with E-state index in [2.05, 4.69) is 43.5 Å². The Labute approximate surface area is 443 Å². The summed E-state index contributed by atoms with van der Waals surface area (Å²) in [4.78, 5) is 24.6. The fourth-order valence-corrected chi connectivity index (χ4v) is 9.78. The lowest BCUT2D eigenvalue weighted by atomic mass is 10.0. The molecule has 0 aliphatic heterocycles. The van der Waals surface area contributed by atoms with Gasteiger partial charge in [-0.1, -0.05) is 301 Å². The maximum atomic E-state index is 12.5. The van der Waals surface area contributed by atoms with Crippen molar-refractivity contribution in [1.82, 2.24) is 5.32 Å². The number of unbranched alkanes of at least 4 members (excludes halogenated alkanes) is 44. The van der Waals surface area contributed by atoms with Gasteiger partial charge in [-0.15, -0.1) is 0 Å². The number of ether oxygens (including phenoxy) is 1. The van der Waals surface area contributed by atoms with Crippen molar-refractivity contribution in [1.29, 1.82) is 0 Å². The van der Waals surface area contributed by atoms with E-state index in [1.807, 2.05) is 6.08 Å². The Hall–Kier alpha value is -1.92. The van der Waals surface area contributed by atoms with Gasteiger partial charge in [0, 0.05) is 12.8 Å². The summed E-state index contributed by atoms with van der Waals surface area (Å²) < 4.78 is 5.49. The van der Waals surface area contributed by atoms with Gasteiger partial charge in [0.05, 0.1) is 25.4 Å². The van der Waals surface area contributed by atoms with E-state index in [1.165, 1.54) is 250 Å². The predicted molar refractivity (Wildman–Crippen MR) is 310 cm³/mol. The van der Waals surface area contributed by atoms with Crippen LogP contribution in [0.15, 0.2) is 36.5 Å². The lowest BCUT2D eigenvalue weighted by Crippen LogP contribution is -2.45. The quantitative estimate of drug-likeness (QED) is 0.0321. The van der Waals surface area contributed by atoms with E-state index >= 15 is 0 Å². The van der Waals surface area contributed by atoms with Crippen molar-refractivity contribution in [2.75, 3.05) is 13.2 Å². The number of esters is 1. The molecule has 0 aromatic rings. The van der Waals surface area contributed by atoms with Crippen LogP contribution in [0.5, 0.6) is 0 Å². The summed E-state index contributed by atoms with van der Waals surface area (Å²) in [5.41, 5.74) is 0. The number of nitrogens with one attached hydrogen (secondary N) is 1. The van der Waals surface area contributed by atoms with Crippen molar-refractivity contribution >= 4 is 11.9 Å². The molecular weight excluding hydrogens is 875 g/mol. The zero-order chi connectivity index (χ0) is 51.4. The minimum atomic E-state index is -0.857. The Morgan fingerprint density at radius 2 is 0.704 bits per heavy atom. The molecule has 6 nitrogen and oxygen atoms in total. The van der Waals surface area contributed by atoms with Crippen LogP contribution in [0.3, 0.4) is 0 Å². The maximum Gasteiger partial charge on any atom is 0.305 e. The Bertz CT molecular complexity index is 1150. The molecule has 0 heterocycles. The lowest BCUT2D eigenvalue weighted by molar-refractivity contribution is -0.143. The number of hydrogen-bond donors (Lipinski definition) is 3. The molecule has 0 bridgehead atoms. The van der Waals surface area contributed by atoms with Crippen molar-refractivity contribution in [3.63, 3.8) is 0 Å². The minimum absolute atomic E-state index is 0.0139. The van der Waals surface area contributed by atoms with Gasteiger partial charge in [0.25, 0.3) is 0 Å². The fourth-order valence-electron chi connectivity index (χ4n) is 9.78. The van der Waals surface area contributed by atoms with Gasteiger partial charge in [0.1, 0.15) is 0 Å². The van der Waals surface area contributed by atoms with Crippen molar-refractivity contribution in [3.05, 3.63) is 36.5 Å². The molecule has 0 aliphatic carbocycles. The number of amides is 1. The smallest absolute Gasteiger partial charge is 0.305 e. The summed E-state index contributed by atoms with van der Waals surface area (Å²) in [6.07, 6.45) is 76.1. The highest BCUT2D eigenvalue weighted by atomic mass is 16.5. The van der Waals surface area contributed by atoms with Crippen molar-refractivity contribution in [2.24, 2.45) is 0 Å². The van der Waals surface area contributed by atoms with Gasteiger partial charge >= 0.3 is 5.97 Å². The molecule has 0 radical (unpaired) electrons. The lowest BCUT2D eigenvalue weighted by Gasteiger charge is -2.20. The predicted octanol–water partition coefficient (Wildman–Crippen LogP) is 20.0. The van der Waals surface area contributed by atoms with Crippen LogP contribution in [0.1, 0.15) is 341 Å². The maximum absolute atomic E-state index is 12.5. The second-order valence-corrected chi connectivity index (χ2v) is 21.7. The molecule has 0 aromatic carbocycles. The Morgan fingerprint density at radius 3 is 1.10 bits per heavy atom. The number of aliphatic hydroxyl groups excluding tert-OH is 2. The third-order valence-electron chi connectivity index (χ3n) is 14.7. The minimum Gasteiger partial charge on any atom is -0.466 e. The van der Waals surface area contributed by atoms with E-state index in [1.54, 1.807) is 6.08 Å². The Kier molecular flexibility index (Phi) is 59.0. The molecule has 6 heteroatoms. The van der Waals surface area contributed by atoms with E-state index in [0.717, 1.165) is 64.2 Å². The van der Waals surface area contributed by atoms with Gasteiger partial charge in [-0.25, -0.2) is 0 Å². The number of carbonyl (C=O) groups excluding carboxylic acids is 2. The molecule has 0 aliphatic rings. The summed E-state index contributed by atoms with van der Waals surface area (Å²) in [6.45, 7) is 4.87. The molecule has 0 aromatic heterocycles. The van der Waals surface area contributed by atoms with Gasteiger partial charge in [0.2, 0.25) is 5.91 Å². The van der Waals surface area contributed by atoms with Crippen LogP contribution in [0.2, 0.25) is 0 Å². The molecular formula is C65H123NO5. The first kappa shape index (κ1) is 69.1. The number of hydrogen-bond acceptors (Lipinski definition) is 5. The molecule has 0 fully saturated rings. The molecule has 2 atom stereocenters. The highest BCUT2D eigenvalue weighted by Gasteiger charge is 2.18. The van der Waals surface area contributed by atoms with Crippen molar-refractivity contribution < 1.29 is 24.5 Å². The highest BCUT2D eigenvalue weighted by molar-refractivity contribution is 5.76. The summed E-state index contributed by atoms with van der Waals surface area (Å²) in [7, 11) is 0. The number of aliphatic hydroxyl groups is 2. The second-order valence-electron chi connectivity index (χ2n) is 21.7. The fraction of sp³-hybridized carbons (Fsp3) is 0.877. The molecule has 3 N–H and O–H groups in total. The van der Waals surface area contributed by atoms with Gasteiger partial charge in [-0.05, 0) is 64.2 Å². The van der Waals surface area contributed by atoms with Crippen LogP contribution in [0.25, 0.3) is 0 Å². The summed E-state index contributed by atoms with van der Waals surface area (Å²) in [5, 5.41) is 23.2. The third kappa shape index (κ3) is 57.2. The highest BCUT2D eigenvalue weighted by Crippen LogP contribution is 2.18. The number of allylic oxidation sites excluding steroid dienone is 5. The standard InChI is InChI=1S/C65H123NO5/c1-3-5-7-9-11-13-15-17-19-21-23-24-25-26-28-29-31-33-37-41-45-49-53-57-63(68)62(61-67)66-64(69)58-54-50-46-42-38-35-36-40-44-48-52-56-60-71-65(70)59-55-51-47-43-39-34-32-30-27-22-20-18-16-14-12-10-8-6-4-2/h12,14,18,20,53,57,62-63,67-68H,3-11,13,15-17,19,21-52,54-56,58-61H2,1-2H3,(H,66,69)/b14-12-,20-18-,57-53+. The van der Waals surface area contributed by atoms with E-state index in [0.29, 0.717) is 19.4 Å². The first-order chi connectivity index (χ1) is 35.0. The van der Waals surface area contributed by atoms with Gasteiger partial charge in [-0.2, -0.15) is 0 Å². The first-order valence-corrected chi connectivity index (χ1v) is 31.8. The van der Waals surface area contributed by atoms with Crippen LogP contribution >= 0.6 is 0 Å². The first-order valence-electron chi connectivity index (χ1n) is 31.8. The summed E-state index contributed by atoms with van der Waals surface area (Å²) >= 11 is 0. The number of rotatable bonds is 59. The van der Waals surface area contributed by atoms with E-state index in [-0.39, 0.29) is 18.5 Å². The zero-order valence-electron chi connectivity index (χ0n) is 47.7. The second kappa shape index (κ2) is 60.6. The third-order valence-corrected chi connectivity index (χ3v) is 14.7. The van der Waals surface area contributed by atoms with Gasteiger partial charge < -0.3 is 20.3 Å². The molecule has 0 saturated carbocycles. The van der Waals surface area contributed by atoms with Crippen LogP contribution in [0.4, 0.5) is 0 Å². The van der Waals surface area contributed by atoms with Crippen LogP contribution in [-0.2, 0) is 14.3 Å². The average Bonchev–Trinajstić information content (AvgIpc) is 3.37.